The van der Waals surface area contributed by atoms with Crippen LogP contribution >= 0.6 is 22.9 Å². The van der Waals surface area contributed by atoms with E-state index in [1.165, 1.54) is 53.0 Å². The SMILES string of the molecule is COc1cc(OC)c2c(c1Cl)O[C@]1(C2=O)C(O)=C(C(CC(=O)NCc2csc(-c3ccccc3)n2)c2cc(OC)c(OC)c(OC)c2)C(=O)C[C@H]1C. The molecule has 3 atom stereocenters. The Bertz CT molecular complexity index is 2060. The van der Waals surface area contributed by atoms with Gasteiger partial charge in [0.15, 0.2) is 28.8 Å². The molecule has 1 amide bonds. The van der Waals surface area contributed by atoms with E-state index in [0.29, 0.717) is 11.3 Å². The van der Waals surface area contributed by atoms with Gasteiger partial charge >= 0.3 is 0 Å². The Morgan fingerprint density at radius 3 is 2.27 bits per heavy atom. The van der Waals surface area contributed by atoms with Crippen molar-refractivity contribution in [3.63, 3.8) is 0 Å². The molecular weight excluding hydrogens is 712 g/mol. The van der Waals surface area contributed by atoms with Crippen LogP contribution in [0, 0.1) is 5.92 Å². The van der Waals surface area contributed by atoms with E-state index in [-0.39, 0.29) is 70.0 Å². The quantitative estimate of drug-likeness (QED) is 0.159. The van der Waals surface area contributed by atoms with E-state index in [0.717, 1.165) is 10.6 Å². The van der Waals surface area contributed by atoms with Crippen LogP contribution in [0.4, 0.5) is 0 Å². The number of hydrogen-bond donors (Lipinski definition) is 2. The van der Waals surface area contributed by atoms with Crippen molar-refractivity contribution in [2.75, 3.05) is 35.5 Å². The van der Waals surface area contributed by atoms with Gasteiger partial charge in [-0.15, -0.1) is 11.3 Å². The number of ketones is 2. The molecule has 0 saturated heterocycles. The summed E-state index contributed by atoms with van der Waals surface area (Å²) in [5.74, 6) is -3.09. The van der Waals surface area contributed by atoms with E-state index in [2.05, 4.69) is 10.3 Å². The summed E-state index contributed by atoms with van der Waals surface area (Å²) in [5, 5.41) is 17.8. The summed E-state index contributed by atoms with van der Waals surface area (Å²) in [6, 6.07) is 14.3. The predicted octanol–water partition coefficient (Wildman–Crippen LogP) is 6.73. The summed E-state index contributed by atoms with van der Waals surface area (Å²) < 4.78 is 33.9. The zero-order valence-corrected chi connectivity index (χ0v) is 30.9. The molecule has 2 heterocycles. The number of ether oxygens (including phenoxy) is 6. The van der Waals surface area contributed by atoms with Crippen LogP contribution in [0.3, 0.4) is 0 Å². The molecule has 0 bridgehead atoms. The molecule has 14 heteroatoms. The van der Waals surface area contributed by atoms with Crippen LogP contribution in [0.25, 0.3) is 10.6 Å². The molecule has 1 spiro atoms. The van der Waals surface area contributed by atoms with Gasteiger partial charge in [0.05, 0.1) is 47.8 Å². The minimum absolute atomic E-state index is 0.00000788. The first kappa shape index (κ1) is 36.5. The van der Waals surface area contributed by atoms with Crippen molar-refractivity contribution in [2.45, 2.75) is 37.8 Å². The van der Waals surface area contributed by atoms with Gasteiger partial charge in [0.1, 0.15) is 27.1 Å². The number of carbonyl (C=O) groups is 3. The highest BCUT2D eigenvalue weighted by molar-refractivity contribution is 7.13. The Morgan fingerprint density at radius 2 is 1.65 bits per heavy atom. The third-order valence-electron chi connectivity index (χ3n) is 9.38. The lowest BCUT2D eigenvalue weighted by atomic mass is 9.69. The lowest BCUT2D eigenvalue weighted by Crippen LogP contribution is -2.53. The number of aliphatic hydroxyl groups excluding tert-OH is 1. The molecule has 0 saturated carbocycles. The number of allylic oxidation sites excluding steroid dienone is 1. The van der Waals surface area contributed by atoms with Crippen LogP contribution < -0.4 is 33.7 Å². The van der Waals surface area contributed by atoms with Crippen molar-refractivity contribution >= 4 is 40.4 Å². The number of hydrogen-bond acceptors (Lipinski definition) is 12. The third-order valence-corrected chi connectivity index (χ3v) is 10.7. The molecule has 1 aromatic heterocycles. The average molecular weight is 749 g/mol. The van der Waals surface area contributed by atoms with Crippen molar-refractivity contribution in [2.24, 2.45) is 5.92 Å². The van der Waals surface area contributed by atoms with Gasteiger partial charge < -0.3 is 38.8 Å². The number of nitrogens with zero attached hydrogens (tertiary/aromatic N) is 1. The van der Waals surface area contributed by atoms with Gasteiger partial charge in [-0.05, 0) is 17.7 Å². The minimum Gasteiger partial charge on any atom is -0.507 e. The van der Waals surface area contributed by atoms with Gasteiger partial charge in [-0.25, -0.2) is 4.98 Å². The van der Waals surface area contributed by atoms with Gasteiger partial charge in [-0.3, -0.25) is 14.4 Å². The number of aliphatic hydroxyl groups is 1. The van der Waals surface area contributed by atoms with Gasteiger partial charge in [0, 0.05) is 47.3 Å². The molecule has 1 aliphatic heterocycles. The highest BCUT2D eigenvalue weighted by atomic mass is 35.5. The van der Waals surface area contributed by atoms with Crippen LogP contribution in [0.15, 0.2) is 65.2 Å². The van der Waals surface area contributed by atoms with E-state index < -0.39 is 40.7 Å². The Kier molecular flexibility index (Phi) is 10.4. The second-order valence-corrected chi connectivity index (χ2v) is 13.5. The van der Waals surface area contributed by atoms with E-state index in [1.54, 1.807) is 19.1 Å². The smallest absolute Gasteiger partial charge is 0.231 e. The number of amides is 1. The number of thiazole rings is 1. The summed E-state index contributed by atoms with van der Waals surface area (Å²) in [6.07, 6.45) is -0.511. The summed E-state index contributed by atoms with van der Waals surface area (Å²) in [5.41, 5.74) is -0.249. The predicted molar refractivity (Wildman–Crippen MR) is 194 cm³/mol. The first-order chi connectivity index (χ1) is 25.0. The molecule has 4 aromatic rings. The Hall–Kier alpha value is -5.27. The molecule has 6 rings (SSSR count). The maximum atomic E-state index is 14.5. The highest BCUT2D eigenvalue weighted by Crippen LogP contribution is 2.56. The first-order valence-corrected chi connectivity index (χ1v) is 17.5. The monoisotopic (exact) mass is 748 g/mol. The zero-order valence-electron chi connectivity index (χ0n) is 29.3. The number of aromatic nitrogens is 1. The van der Waals surface area contributed by atoms with Crippen molar-refractivity contribution in [1.29, 1.82) is 0 Å². The number of rotatable bonds is 12. The number of halogens is 1. The van der Waals surface area contributed by atoms with E-state index >= 15 is 0 Å². The minimum atomic E-state index is -2.06. The fourth-order valence-electron chi connectivity index (χ4n) is 6.78. The Morgan fingerprint density at radius 1 is 1.00 bits per heavy atom. The fraction of sp³-hybridized carbons (Fsp3) is 0.316. The molecule has 1 unspecified atom stereocenters. The second-order valence-electron chi connectivity index (χ2n) is 12.3. The van der Waals surface area contributed by atoms with Crippen LogP contribution in [-0.2, 0) is 16.1 Å². The topological polar surface area (TPSA) is 152 Å². The van der Waals surface area contributed by atoms with Gasteiger partial charge in [0.25, 0.3) is 0 Å². The Balaban J connectivity index is 1.43. The number of methoxy groups -OCH3 is 5. The number of Topliss-reactive ketones (excluding diaryl/α,β-unsaturated/α-hetero) is 2. The standard InChI is InChI=1S/C38H37ClN2O10S/c1-19-12-24(42)30(35(44)38(19)36(45)31-25(46-2)16-26(47-3)32(39)34(31)51-38)23(21-13-27(48-4)33(50-6)28(14-21)49-5)15-29(43)40-17-22-18-52-37(41-22)20-10-8-7-9-11-20/h7-11,13-14,16,18-19,23,44H,12,15,17H2,1-6H3,(H,40,43)/t19-,23?,38+/m1/s1. The molecule has 1 aliphatic carbocycles. The lowest BCUT2D eigenvalue weighted by Gasteiger charge is -2.38. The summed E-state index contributed by atoms with van der Waals surface area (Å²) >= 11 is 8.09. The molecule has 2 N–H and O–H groups in total. The fourth-order valence-corrected chi connectivity index (χ4v) is 7.87. The van der Waals surface area contributed by atoms with Crippen molar-refractivity contribution < 1.29 is 47.9 Å². The molecule has 12 nitrogen and oxygen atoms in total. The molecule has 52 heavy (non-hydrogen) atoms. The maximum absolute atomic E-state index is 14.5. The second kappa shape index (κ2) is 14.8. The first-order valence-electron chi connectivity index (χ1n) is 16.2. The average Bonchev–Trinajstić information content (AvgIpc) is 3.76. The van der Waals surface area contributed by atoms with Gasteiger partial charge in [0.2, 0.25) is 23.0 Å². The molecule has 0 fully saturated rings. The van der Waals surface area contributed by atoms with Crippen LogP contribution in [-0.4, -0.2) is 68.7 Å². The van der Waals surface area contributed by atoms with Crippen LogP contribution in [0.1, 0.15) is 47.3 Å². The molecule has 3 aromatic carbocycles. The molecule has 0 radical (unpaired) electrons. The van der Waals surface area contributed by atoms with E-state index in [9.17, 15) is 19.5 Å². The van der Waals surface area contributed by atoms with Crippen molar-refractivity contribution in [3.8, 4) is 45.1 Å². The van der Waals surface area contributed by atoms with E-state index in [4.69, 9.17) is 40.0 Å². The summed E-state index contributed by atoms with van der Waals surface area (Å²) in [6.45, 7) is 1.74. The number of nitrogens with one attached hydrogen (secondary N) is 1. The third kappa shape index (κ3) is 6.17. The van der Waals surface area contributed by atoms with Gasteiger partial charge in [-0.1, -0.05) is 48.9 Å². The molecular formula is C38H37ClN2O10S. The van der Waals surface area contributed by atoms with Crippen LogP contribution in [0.5, 0.6) is 34.5 Å². The van der Waals surface area contributed by atoms with E-state index in [1.807, 2.05) is 35.7 Å². The summed E-state index contributed by atoms with van der Waals surface area (Å²) in [7, 11) is 7.11. The van der Waals surface area contributed by atoms with Crippen LogP contribution in [0.2, 0.25) is 5.02 Å². The maximum Gasteiger partial charge on any atom is 0.231 e. The van der Waals surface area contributed by atoms with Crippen molar-refractivity contribution in [3.05, 3.63) is 87.1 Å². The zero-order chi connectivity index (χ0) is 37.3. The number of benzene rings is 3. The Labute approximate surface area is 309 Å². The number of fused-ring (bicyclic) bond motifs is 1. The van der Waals surface area contributed by atoms with Gasteiger partial charge in [-0.2, -0.15) is 0 Å². The van der Waals surface area contributed by atoms with Crippen molar-refractivity contribution in [1.82, 2.24) is 10.3 Å². The highest BCUT2D eigenvalue weighted by Gasteiger charge is 2.61. The molecule has 272 valence electrons. The largest absolute Gasteiger partial charge is 0.507 e. The molecule has 2 aliphatic rings. The normalized spacial score (nSPS) is 18.5. The lowest BCUT2D eigenvalue weighted by molar-refractivity contribution is -0.122. The summed E-state index contributed by atoms with van der Waals surface area (Å²) in [4.78, 5) is 47.0. The number of carbonyl (C=O) groups excluding carboxylic acids is 3.